The summed E-state index contributed by atoms with van der Waals surface area (Å²) in [6.07, 6.45) is 1.39. The topological polar surface area (TPSA) is 85.6 Å². The highest BCUT2D eigenvalue weighted by atomic mass is 32.2. The first kappa shape index (κ1) is 21.9. The Labute approximate surface area is 177 Å². The van der Waals surface area contributed by atoms with Crippen LogP contribution < -0.4 is 4.72 Å². The molecule has 0 fully saturated rings. The third kappa shape index (κ3) is 4.21. The van der Waals surface area contributed by atoms with E-state index in [0.29, 0.717) is 45.5 Å². The number of furan rings is 1. The van der Waals surface area contributed by atoms with E-state index in [1.165, 1.54) is 0 Å². The fourth-order valence-corrected chi connectivity index (χ4v) is 5.34. The van der Waals surface area contributed by atoms with Crippen molar-refractivity contribution in [3.8, 4) is 0 Å². The molecule has 3 rings (SSSR count). The van der Waals surface area contributed by atoms with Crippen molar-refractivity contribution < 1.29 is 22.4 Å². The van der Waals surface area contributed by atoms with E-state index in [9.17, 15) is 13.2 Å². The van der Waals surface area contributed by atoms with E-state index in [-0.39, 0.29) is 11.5 Å². The molecular weight excluding hydrogens is 402 g/mol. The molecule has 0 aliphatic rings. The smallest absolute Gasteiger partial charge is 0.342 e. The van der Waals surface area contributed by atoms with E-state index in [4.69, 9.17) is 9.15 Å². The summed E-state index contributed by atoms with van der Waals surface area (Å²) in [4.78, 5) is 12.8. The first-order valence-corrected chi connectivity index (χ1v) is 11.5. The Bertz CT molecular complexity index is 1180. The van der Waals surface area contributed by atoms with E-state index in [0.717, 1.165) is 12.0 Å². The van der Waals surface area contributed by atoms with Gasteiger partial charge in [0, 0.05) is 17.5 Å². The molecule has 1 aromatic heterocycles. The number of benzene rings is 2. The summed E-state index contributed by atoms with van der Waals surface area (Å²) >= 11 is 0. The van der Waals surface area contributed by atoms with Gasteiger partial charge in [-0.2, -0.15) is 0 Å². The first-order chi connectivity index (χ1) is 14.2. The Morgan fingerprint density at radius 3 is 2.33 bits per heavy atom. The van der Waals surface area contributed by atoms with Crippen molar-refractivity contribution in [1.82, 2.24) is 0 Å². The Kier molecular flexibility index (Phi) is 6.22. The van der Waals surface area contributed by atoms with Gasteiger partial charge in [-0.1, -0.05) is 24.6 Å². The van der Waals surface area contributed by atoms with E-state index < -0.39 is 16.0 Å². The van der Waals surface area contributed by atoms with Gasteiger partial charge in [0.2, 0.25) is 0 Å². The number of aryl methyl sites for hydroxylation is 4. The third-order valence-corrected chi connectivity index (χ3v) is 6.53. The van der Waals surface area contributed by atoms with Crippen LogP contribution in [0.5, 0.6) is 0 Å². The predicted molar refractivity (Wildman–Crippen MR) is 118 cm³/mol. The molecule has 1 N–H and O–H groups in total. The Morgan fingerprint density at radius 1 is 1.07 bits per heavy atom. The molecule has 6 nitrogen and oxygen atoms in total. The molecule has 0 spiro atoms. The lowest BCUT2D eigenvalue weighted by molar-refractivity contribution is 0.0526. The molecular formula is C23H27NO5S. The minimum atomic E-state index is -3.80. The number of rotatable bonds is 7. The van der Waals surface area contributed by atoms with Gasteiger partial charge in [0.05, 0.1) is 11.5 Å². The van der Waals surface area contributed by atoms with Crippen LogP contribution in [0.4, 0.5) is 5.69 Å². The second-order valence-electron chi connectivity index (χ2n) is 7.41. The molecule has 0 saturated carbocycles. The molecule has 0 radical (unpaired) electrons. The minimum absolute atomic E-state index is 0.245. The number of fused-ring (bicyclic) bond motifs is 1. The van der Waals surface area contributed by atoms with Crippen LogP contribution in [0, 0.1) is 20.8 Å². The van der Waals surface area contributed by atoms with Crippen molar-refractivity contribution in [2.75, 3.05) is 11.3 Å². The molecule has 0 unspecified atom stereocenters. The highest BCUT2D eigenvalue weighted by Crippen LogP contribution is 2.31. The molecule has 0 bridgehead atoms. The molecule has 0 saturated heterocycles. The molecule has 160 valence electrons. The fourth-order valence-electron chi connectivity index (χ4n) is 3.84. The number of carbonyl (C=O) groups excluding carboxylic acids is 1. The second-order valence-corrected chi connectivity index (χ2v) is 9.03. The number of esters is 1. The monoisotopic (exact) mass is 429 g/mol. The third-order valence-electron chi connectivity index (χ3n) is 4.84. The van der Waals surface area contributed by atoms with Gasteiger partial charge in [-0.05, 0) is 63.4 Å². The normalized spacial score (nSPS) is 11.6. The van der Waals surface area contributed by atoms with Crippen LogP contribution in [0.3, 0.4) is 0 Å². The van der Waals surface area contributed by atoms with Crippen LogP contribution in [-0.4, -0.2) is 21.0 Å². The van der Waals surface area contributed by atoms with Gasteiger partial charge in [0.1, 0.15) is 16.9 Å². The Balaban J connectivity index is 2.07. The summed E-state index contributed by atoms with van der Waals surface area (Å²) in [6.45, 7) is 9.48. The van der Waals surface area contributed by atoms with Gasteiger partial charge in [-0.3, -0.25) is 4.72 Å². The average Bonchev–Trinajstić information content (AvgIpc) is 2.98. The highest BCUT2D eigenvalue weighted by Gasteiger charge is 2.24. The maximum absolute atomic E-state index is 13.1. The van der Waals surface area contributed by atoms with E-state index >= 15 is 0 Å². The number of carbonyl (C=O) groups is 1. The SMILES string of the molecule is CCCc1oc2ccc(NS(=O)(=O)c3c(C)cc(C)cc3C)cc2c1C(=O)OCC. The number of anilines is 1. The van der Waals surface area contributed by atoms with Gasteiger partial charge < -0.3 is 9.15 Å². The van der Waals surface area contributed by atoms with Crippen molar-refractivity contribution in [1.29, 1.82) is 0 Å². The average molecular weight is 430 g/mol. The first-order valence-electron chi connectivity index (χ1n) is 10.0. The Morgan fingerprint density at radius 2 is 1.73 bits per heavy atom. The van der Waals surface area contributed by atoms with Crippen LogP contribution in [-0.2, 0) is 21.2 Å². The highest BCUT2D eigenvalue weighted by molar-refractivity contribution is 7.92. The molecule has 2 aromatic carbocycles. The standard InChI is InChI=1S/C23H27NO5S/c1-6-8-20-21(23(25)28-7-2)18-13-17(9-10-19(18)29-20)24-30(26,27)22-15(4)11-14(3)12-16(22)5/h9-13,24H,6-8H2,1-5H3. The van der Waals surface area contributed by atoms with Crippen LogP contribution in [0.1, 0.15) is 53.1 Å². The van der Waals surface area contributed by atoms with Crippen molar-refractivity contribution in [2.24, 2.45) is 0 Å². The van der Waals surface area contributed by atoms with Crippen molar-refractivity contribution in [2.45, 2.75) is 52.4 Å². The van der Waals surface area contributed by atoms with E-state index in [2.05, 4.69) is 4.72 Å². The lowest BCUT2D eigenvalue weighted by Crippen LogP contribution is -2.16. The van der Waals surface area contributed by atoms with Gasteiger partial charge >= 0.3 is 5.97 Å². The predicted octanol–water partition coefficient (Wildman–Crippen LogP) is 5.29. The quantitative estimate of drug-likeness (QED) is 0.516. The zero-order valence-electron chi connectivity index (χ0n) is 18.0. The largest absolute Gasteiger partial charge is 0.462 e. The zero-order chi connectivity index (χ0) is 22.1. The molecule has 0 aliphatic heterocycles. The summed E-state index contributed by atoms with van der Waals surface area (Å²) in [6, 6.07) is 8.62. The molecule has 7 heteroatoms. The fraction of sp³-hybridized carbons (Fsp3) is 0.348. The molecule has 3 aromatic rings. The lowest BCUT2D eigenvalue weighted by Gasteiger charge is -2.14. The number of ether oxygens (including phenoxy) is 1. The van der Waals surface area contributed by atoms with Crippen molar-refractivity contribution in [3.05, 3.63) is 58.3 Å². The molecule has 0 amide bonds. The summed E-state index contributed by atoms with van der Waals surface area (Å²) in [5.74, 6) is 0.0844. The van der Waals surface area contributed by atoms with E-state index in [1.807, 2.05) is 26.0 Å². The molecule has 0 aliphatic carbocycles. The minimum Gasteiger partial charge on any atom is -0.462 e. The summed E-state index contributed by atoms with van der Waals surface area (Å²) in [7, 11) is -3.80. The van der Waals surface area contributed by atoms with Gasteiger partial charge in [-0.15, -0.1) is 0 Å². The van der Waals surface area contributed by atoms with Gasteiger partial charge in [-0.25, -0.2) is 13.2 Å². The molecule has 30 heavy (non-hydrogen) atoms. The molecule has 0 atom stereocenters. The number of hydrogen-bond acceptors (Lipinski definition) is 5. The summed E-state index contributed by atoms with van der Waals surface area (Å²) in [5, 5.41) is 0.537. The van der Waals surface area contributed by atoms with Crippen molar-refractivity contribution >= 4 is 32.6 Å². The van der Waals surface area contributed by atoms with Gasteiger partial charge in [0.25, 0.3) is 10.0 Å². The summed E-state index contributed by atoms with van der Waals surface area (Å²) < 4.78 is 39.9. The van der Waals surface area contributed by atoms with Crippen LogP contribution in [0.2, 0.25) is 0 Å². The zero-order valence-corrected chi connectivity index (χ0v) is 18.8. The van der Waals surface area contributed by atoms with Crippen molar-refractivity contribution in [3.63, 3.8) is 0 Å². The maximum Gasteiger partial charge on any atom is 0.342 e. The summed E-state index contributed by atoms with van der Waals surface area (Å²) in [5.41, 5.74) is 3.61. The number of nitrogens with one attached hydrogen (secondary N) is 1. The van der Waals surface area contributed by atoms with Crippen LogP contribution >= 0.6 is 0 Å². The second kappa shape index (κ2) is 8.52. The van der Waals surface area contributed by atoms with Gasteiger partial charge in [0.15, 0.2) is 0 Å². The van der Waals surface area contributed by atoms with E-state index in [1.54, 1.807) is 39.0 Å². The number of hydrogen-bond donors (Lipinski definition) is 1. The maximum atomic E-state index is 13.1. The Hall–Kier alpha value is -2.80. The van der Waals surface area contributed by atoms with Crippen LogP contribution in [0.25, 0.3) is 11.0 Å². The number of sulfonamides is 1. The lowest BCUT2D eigenvalue weighted by atomic mass is 10.1. The molecule has 1 heterocycles. The van der Waals surface area contributed by atoms with Crippen LogP contribution in [0.15, 0.2) is 39.6 Å².